The molecule has 0 spiro atoms. The van der Waals surface area contributed by atoms with Crippen LogP contribution in [0.15, 0.2) is 87.2 Å². The van der Waals surface area contributed by atoms with Crippen molar-refractivity contribution in [2.45, 2.75) is 5.16 Å². The second kappa shape index (κ2) is 8.84. The molecule has 2 heterocycles. The maximum atomic E-state index is 14.7. The lowest BCUT2D eigenvalue weighted by atomic mass is 10.2. The smallest absolute Gasteiger partial charge is 0.283 e. The van der Waals surface area contributed by atoms with Gasteiger partial charge in [-0.25, -0.2) is 9.37 Å². The number of rotatable bonds is 5. The average molecular weight is 523 g/mol. The Hall–Kier alpha value is -3.43. The summed E-state index contributed by atoms with van der Waals surface area (Å²) < 4.78 is 16.8. The summed E-state index contributed by atoms with van der Waals surface area (Å²) in [4.78, 5) is 33.8. The van der Waals surface area contributed by atoms with E-state index in [2.05, 4.69) is 31.2 Å². The highest BCUT2D eigenvalue weighted by Crippen LogP contribution is 2.27. The van der Waals surface area contributed by atoms with Crippen LogP contribution in [0.3, 0.4) is 0 Å². The van der Waals surface area contributed by atoms with Crippen LogP contribution < -0.4 is 10.9 Å². The fraction of sp³-hybridized carbons (Fsp3) is 0.0417. The number of carbonyl (C=O) groups is 1. The van der Waals surface area contributed by atoms with Gasteiger partial charge in [0.1, 0.15) is 16.9 Å². The van der Waals surface area contributed by atoms with Crippen molar-refractivity contribution in [1.29, 1.82) is 0 Å². The minimum Gasteiger partial charge on any atom is -0.349 e. The van der Waals surface area contributed by atoms with Crippen LogP contribution in [-0.4, -0.2) is 26.2 Å². The van der Waals surface area contributed by atoms with Gasteiger partial charge in [-0.3, -0.25) is 14.2 Å². The zero-order valence-corrected chi connectivity index (χ0v) is 19.4. The molecular weight excluding hydrogens is 507 g/mol. The van der Waals surface area contributed by atoms with Crippen LogP contribution in [0.1, 0.15) is 0 Å². The van der Waals surface area contributed by atoms with Gasteiger partial charge in [0, 0.05) is 21.1 Å². The Balaban J connectivity index is 1.57. The van der Waals surface area contributed by atoms with Gasteiger partial charge in [-0.05, 0) is 42.5 Å². The Bertz CT molecular complexity index is 1560. The number of H-pyrrole nitrogens is 1. The first kappa shape index (κ1) is 21.4. The number of hydrogen-bond donors (Lipinski definition) is 2. The molecule has 0 radical (unpaired) electrons. The zero-order valence-electron chi connectivity index (χ0n) is 17.0. The summed E-state index contributed by atoms with van der Waals surface area (Å²) in [6.45, 7) is 0. The van der Waals surface area contributed by atoms with Crippen LogP contribution in [0.4, 0.5) is 10.1 Å². The molecule has 0 saturated heterocycles. The van der Waals surface area contributed by atoms with E-state index < -0.39 is 11.4 Å². The second-order valence-electron chi connectivity index (χ2n) is 7.22. The second-order valence-corrected chi connectivity index (χ2v) is 9.08. The summed E-state index contributed by atoms with van der Waals surface area (Å²) in [5, 5.41) is 3.82. The third kappa shape index (κ3) is 4.17. The monoisotopic (exact) mass is 522 g/mol. The fourth-order valence-corrected chi connectivity index (χ4v) is 4.61. The highest BCUT2D eigenvalue weighted by molar-refractivity contribution is 9.10. The van der Waals surface area contributed by atoms with E-state index in [0.29, 0.717) is 11.2 Å². The summed E-state index contributed by atoms with van der Waals surface area (Å²) in [6, 6.07) is 20.6. The van der Waals surface area contributed by atoms with E-state index in [1.807, 2.05) is 36.4 Å². The highest BCUT2D eigenvalue weighted by Gasteiger charge is 2.19. The molecule has 0 saturated carbocycles. The number of nitrogens with zero attached hydrogens (tertiary/aromatic N) is 2. The summed E-state index contributed by atoms with van der Waals surface area (Å²) in [7, 11) is 0. The minimum absolute atomic E-state index is 0.00911. The molecule has 1 amide bonds. The van der Waals surface area contributed by atoms with E-state index >= 15 is 0 Å². The Morgan fingerprint density at radius 3 is 2.58 bits per heavy atom. The molecule has 9 heteroatoms. The first-order valence-electron chi connectivity index (χ1n) is 9.98. The van der Waals surface area contributed by atoms with Gasteiger partial charge in [0.2, 0.25) is 5.91 Å². The van der Waals surface area contributed by atoms with Gasteiger partial charge in [0.15, 0.2) is 5.16 Å². The van der Waals surface area contributed by atoms with E-state index in [-0.39, 0.29) is 28.0 Å². The number of hydrogen-bond acceptors (Lipinski definition) is 4. The predicted molar refractivity (Wildman–Crippen MR) is 133 cm³/mol. The molecule has 33 heavy (non-hydrogen) atoms. The number of aromatic nitrogens is 3. The van der Waals surface area contributed by atoms with Crippen molar-refractivity contribution in [1.82, 2.24) is 14.5 Å². The van der Waals surface area contributed by atoms with Crippen molar-refractivity contribution < 1.29 is 9.18 Å². The maximum absolute atomic E-state index is 14.7. The third-order valence-corrected chi connectivity index (χ3v) is 6.52. The van der Waals surface area contributed by atoms with Gasteiger partial charge in [0.25, 0.3) is 5.56 Å². The number of para-hydroxylation sites is 2. The summed E-state index contributed by atoms with van der Waals surface area (Å²) in [5.74, 6) is -0.834. The minimum atomic E-state index is -0.557. The average Bonchev–Trinajstić information content (AvgIpc) is 3.19. The van der Waals surface area contributed by atoms with E-state index in [1.54, 1.807) is 24.3 Å². The van der Waals surface area contributed by atoms with E-state index in [0.717, 1.165) is 27.1 Å². The molecule has 2 aromatic heterocycles. The van der Waals surface area contributed by atoms with E-state index in [4.69, 9.17) is 0 Å². The SMILES string of the molecule is O=C(CSc1nc2c([nH]c3ccccc32)c(=O)n1-c1ccccc1F)Nc1ccc(Br)cc1. The molecule has 5 rings (SSSR count). The lowest BCUT2D eigenvalue weighted by Gasteiger charge is -2.13. The van der Waals surface area contributed by atoms with Gasteiger partial charge in [0.05, 0.1) is 11.4 Å². The summed E-state index contributed by atoms with van der Waals surface area (Å²) >= 11 is 4.43. The summed E-state index contributed by atoms with van der Waals surface area (Å²) in [6.07, 6.45) is 0. The third-order valence-electron chi connectivity index (χ3n) is 5.05. The number of fused-ring (bicyclic) bond motifs is 3. The molecule has 0 aliphatic rings. The molecule has 164 valence electrons. The van der Waals surface area contributed by atoms with E-state index in [1.165, 1.54) is 16.7 Å². The summed E-state index contributed by atoms with van der Waals surface area (Å²) in [5.41, 5.74) is 1.81. The number of halogens is 2. The Morgan fingerprint density at radius 2 is 1.79 bits per heavy atom. The Labute approximate surface area is 200 Å². The molecule has 0 aliphatic heterocycles. The highest BCUT2D eigenvalue weighted by atomic mass is 79.9. The van der Waals surface area contributed by atoms with Crippen molar-refractivity contribution in [2.24, 2.45) is 0 Å². The number of benzene rings is 3. The lowest BCUT2D eigenvalue weighted by Crippen LogP contribution is -2.23. The maximum Gasteiger partial charge on any atom is 0.283 e. The molecule has 5 aromatic rings. The lowest BCUT2D eigenvalue weighted by molar-refractivity contribution is -0.113. The molecule has 3 aromatic carbocycles. The van der Waals surface area contributed by atoms with Gasteiger partial charge >= 0.3 is 0 Å². The van der Waals surface area contributed by atoms with E-state index in [9.17, 15) is 14.0 Å². The molecule has 6 nitrogen and oxygen atoms in total. The van der Waals surface area contributed by atoms with Crippen LogP contribution in [0, 0.1) is 5.82 Å². The Kier molecular flexibility index (Phi) is 5.74. The largest absolute Gasteiger partial charge is 0.349 e. The number of aromatic amines is 1. The topological polar surface area (TPSA) is 79.8 Å². The first-order valence-corrected chi connectivity index (χ1v) is 11.8. The number of nitrogens with one attached hydrogen (secondary N) is 2. The quantitative estimate of drug-likeness (QED) is 0.236. The number of carbonyl (C=O) groups excluding carboxylic acids is 1. The molecule has 2 N–H and O–H groups in total. The van der Waals surface area contributed by atoms with Gasteiger partial charge < -0.3 is 10.3 Å². The molecule has 0 atom stereocenters. The molecule has 0 unspecified atom stereocenters. The van der Waals surface area contributed by atoms with Gasteiger partial charge in [-0.2, -0.15) is 0 Å². The van der Waals surface area contributed by atoms with Gasteiger partial charge in [-0.15, -0.1) is 0 Å². The molecule has 0 bridgehead atoms. The fourth-order valence-electron chi connectivity index (χ4n) is 3.55. The van der Waals surface area contributed by atoms with Crippen LogP contribution >= 0.6 is 27.7 Å². The number of anilines is 1. The molecule has 0 fully saturated rings. The van der Waals surface area contributed by atoms with Crippen molar-refractivity contribution >= 4 is 61.2 Å². The van der Waals surface area contributed by atoms with Crippen molar-refractivity contribution in [3.8, 4) is 5.69 Å². The normalized spacial score (nSPS) is 11.2. The number of amides is 1. The zero-order chi connectivity index (χ0) is 22.9. The van der Waals surface area contributed by atoms with Gasteiger partial charge in [-0.1, -0.05) is 58.0 Å². The van der Waals surface area contributed by atoms with Crippen LogP contribution in [0.25, 0.3) is 27.6 Å². The number of thioether (sulfide) groups is 1. The van der Waals surface area contributed by atoms with Crippen molar-refractivity contribution in [3.05, 3.63) is 93.4 Å². The predicted octanol–water partition coefficient (Wildman–Crippen LogP) is 5.50. The van der Waals surface area contributed by atoms with Crippen LogP contribution in [-0.2, 0) is 4.79 Å². The molecule has 0 aliphatic carbocycles. The Morgan fingerprint density at radius 1 is 1.06 bits per heavy atom. The first-order chi connectivity index (χ1) is 16.0. The molecular formula is C24H16BrFN4O2S. The van der Waals surface area contributed by atoms with Crippen molar-refractivity contribution in [2.75, 3.05) is 11.1 Å². The van der Waals surface area contributed by atoms with Crippen molar-refractivity contribution in [3.63, 3.8) is 0 Å². The van der Waals surface area contributed by atoms with Crippen LogP contribution in [0.5, 0.6) is 0 Å². The standard InChI is InChI=1S/C24H16BrFN4O2S/c25-14-9-11-15(12-10-14)27-20(31)13-33-24-29-21-16-5-1-3-7-18(16)28-22(21)23(32)30(24)19-8-4-2-6-17(19)26/h1-12,28H,13H2,(H,27,31). The van der Waals surface area contributed by atoms with Crippen LogP contribution in [0.2, 0.25) is 0 Å².